The number of rotatable bonds is 6. The smallest absolute Gasteiger partial charge is 0.282 e. The van der Waals surface area contributed by atoms with Crippen LogP contribution < -0.4 is 5.32 Å². The lowest BCUT2D eigenvalue weighted by Gasteiger charge is -2.13. The zero-order valence-electron chi connectivity index (χ0n) is 9.20. The van der Waals surface area contributed by atoms with Crippen LogP contribution in [0.15, 0.2) is 22.7 Å². The molecule has 1 rings (SSSR count). The largest absolute Gasteiger partial charge is 0.390 e. The topological polar surface area (TPSA) is 75.4 Å². The second kappa shape index (κ2) is 6.17. The van der Waals surface area contributed by atoms with Crippen molar-refractivity contribution in [1.82, 2.24) is 5.32 Å². The fraction of sp³-hybridized carbons (Fsp3) is 0.400. The molecule has 1 aromatic rings. The highest BCUT2D eigenvalue weighted by atomic mass is 79.9. The number of hydrogen-bond acceptors (Lipinski definition) is 4. The fourth-order valence-electron chi connectivity index (χ4n) is 1.29. The Morgan fingerprint density at radius 3 is 2.72 bits per heavy atom. The van der Waals surface area contributed by atoms with E-state index in [1.54, 1.807) is 6.07 Å². The van der Waals surface area contributed by atoms with E-state index in [9.17, 15) is 18.9 Å². The lowest BCUT2D eigenvalue weighted by molar-refractivity contribution is -0.385. The van der Waals surface area contributed by atoms with Crippen molar-refractivity contribution in [2.75, 3.05) is 13.2 Å². The summed E-state index contributed by atoms with van der Waals surface area (Å²) in [5, 5.41) is 21.5. The van der Waals surface area contributed by atoms with Crippen LogP contribution in [0.2, 0.25) is 0 Å². The minimum atomic E-state index is -3.23. The number of nitrogens with zero attached hydrogens (tertiary/aromatic N) is 1. The first kappa shape index (κ1) is 14.9. The van der Waals surface area contributed by atoms with Crippen molar-refractivity contribution in [3.8, 4) is 0 Å². The van der Waals surface area contributed by atoms with Gasteiger partial charge in [0.1, 0.15) is 6.61 Å². The molecule has 18 heavy (non-hydrogen) atoms. The van der Waals surface area contributed by atoms with Crippen molar-refractivity contribution < 1.29 is 18.8 Å². The average Bonchev–Trinajstić information content (AvgIpc) is 2.30. The van der Waals surface area contributed by atoms with Gasteiger partial charge in [-0.05, 0) is 12.1 Å². The lowest BCUT2D eigenvalue weighted by atomic mass is 10.2. The van der Waals surface area contributed by atoms with Gasteiger partial charge in [-0.15, -0.1) is 0 Å². The van der Waals surface area contributed by atoms with E-state index < -0.39 is 24.0 Å². The summed E-state index contributed by atoms with van der Waals surface area (Å²) in [4.78, 5) is 10.2. The van der Waals surface area contributed by atoms with E-state index in [0.29, 0.717) is 10.0 Å². The molecule has 0 bridgehead atoms. The van der Waals surface area contributed by atoms with Gasteiger partial charge in [-0.2, -0.15) is 0 Å². The molecule has 8 heteroatoms. The van der Waals surface area contributed by atoms with Gasteiger partial charge in [0, 0.05) is 22.6 Å². The minimum Gasteiger partial charge on any atom is -0.390 e. The van der Waals surface area contributed by atoms with E-state index in [1.807, 2.05) is 0 Å². The Kier molecular flexibility index (Phi) is 5.12. The zero-order valence-corrected chi connectivity index (χ0v) is 10.8. The quantitative estimate of drug-likeness (QED) is 0.620. The fourth-order valence-corrected chi connectivity index (χ4v) is 1.64. The van der Waals surface area contributed by atoms with Crippen LogP contribution in [0.4, 0.5) is 14.5 Å². The molecule has 0 aliphatic heterocycles. The van der Waals surface area contributed by atoms with Gasteiger partial charge in [0.15, 0.2) is 0 Å². The van der Waals surface area contributed by atoms with E-state index in [2.05, 4.69) is 21.2 Å². The Bertz CT molecular complexity index is 443. The van der Waals surface area contributed by atoms with E-state index in [1.165, 1.54) is 12.1 Å². The van der Waals surface area contributed by atoms with Crippen LogP contribution in [-0.2, 0) is 6.54 Å². The Labute approximate surface area is 110 Å². The van der Waals surface area contributed by atoms with E-state index in [-0.39, 0.29) is 12.2 Å². The van der Waals surface area contributed by atoms with E-state index in [0.717, 1.165) is 0 Å². The molecular weight excluding hydrogens is 314 g/mol. The molecule has 0 atom stereocenters. The SMILES string of the molecule is O=[N+]([O-])c1cc(Br)ccc1CNCC(F)(F)CO. The minimum absolute atomic E-state index is 0.0703. The van der Waals surface area contributed by atoms with Crippen LogP contribution >= 0.6 is 15.9 Å². The first-order valence-corrected chi connectivity index (χ1v) is 5.77. The summed E-state index contributed by atoms with van der Waals surface area (Å²) in [6, 6.07) is 4.38. The number of alkyl halides is 2. The molecule has 0 saturated heterocycles. The van der Waals surface area contributed by atoms with Crippen molar-refractivity contribution in [1.29, 1.82) is 0 Å². The van der Waals surface area contributed by atoms with Gasteiger partial charge in [0.2, 0.25) is 0 Å². The average molecular weight is 325 g/mol. The van der Waals surface area contributed by atoms with Crippen LogP contribution in [-0.4, -0.2) is 29.1 Å². The predicted octanol–water partition coefficient (Wildman–Crippen LogP) is 2.07. The van der Waals surface area contributed by atoms with Crippen molar-refractivity contribution in [3.05, 3.63) is 38.3 Å². The summed E-state index contributed by atoms with van der Waals surface area (Å²) in [6.07, 6.45) is 0. The number of benzene rings is 1. The molecular formula is C10H11BrF2N2O3. The second-order valence-electron chi connectivity index (χ2n) is 3.65. The maximum Gasteiger partial charge on any atom is 0.282 e. The molecule has 0 amide bonds. The molecule has 0 spiro atoms. The molecule has 100 valence electrons. The summed E-state index contributed by atoms with van der Waals surface area (Å²) in [5.41, 5.74) is 0.154. The maximum atomic E-state index is 12.7. The molecule has 0 radical (unpaired) electrons. The van der Waals surface area contributed by atoms with Crippen LogP contribution in [0.3, 0.4) is 0 Å². The number of nitrogens with one attached hydrogen (secondary N) is 1. The zero-order chi connectivity index (χ0) is 13.8. The summed E-state index contributed by atoms with van der Waals surface area (Å²) in [6.45, 7) is -2.07. The third kappa shape index (κ3) is 4.28. The van der Waals surface area contributed by atoms with Gasteiger partial charge >= 0.3 is 0 Å². The number of nitro benzene ring substituents is 1. The van der Waals surface area contributed by atoms with Gasteiger partial charge in [-0.3, -0.25) is 10.1 Å². The summed E-state index contributed by atoms with van der Waals surface area (Å²) < 4.78 is 26.0. The van der Waals surface area contributed by atoms with Gasteiger partial charge in [-0.25, -0.2) is 8.78 Å². The second-order valence-corrected chi connectivity index (χ2v) is 4.56. The van der Waals surface area contributed by atoms with Crippen LogP contribution in [0.25, 0.3) is 0 Å². The third-order valence-electron chi connectivity index (χ3n) is 2.17. The number of aliphatic hydroxyl groups is 1. The third-order valence-corrected chi connectivity index (χ3v) is 2.67. The Morgan fingerprint density at radius 2 is 2.17 bits per heavy atom. The predicted molar refractivity (Wildman–Crippen MR) is 64.5 cm³/mol. The molecule has 0 aliphatic rings. The molecule has 2 N–H and O–H groups in total. The summed E-state index contributed by atoms with van der Waals surface area (Å²) >= 11 is 3.10. The number of hydrogen-bond donors (Lipinski definition) is 2. The normalized spacial score (nSPS) is 11.6. The van der Waals surface area contributed by atoms with E-state index >= 15 is 0 Å². The number of nitro groups is 1. The van der Waals surface area contributed by atoms with Crippen molar-refractivity contribution in [3.63, 3.8) is 0 Å². The standard InChI is InChI=1S/C10H11BrF2N2O3/c11-8-2-1-7(9(3-8)15(17)18)4-14-5-10(12,13)6-16/h1-3,14,16H,4-6H2. The van der Waals surface area contributed by atoms with Crippen LogP contribution in [0, 0.1) is 10.1 Å². The van der Waals surface area contributed by atoms with E-state index in [4.69, 9.17) is 5.11 Å². The van der Waals surface area contributed by atoms with Gasteiger partial charge in [0.25, 0.3) is 11.6 Å². The van der Waals surface area contributed by atoms with Crippen molar-refractivity contribution in [2.45, 2.75) is 12.5 Å². The highest BCUT2D eigenvalue weighted by Crippen LogP contribution is 2.23. The summed E-state index contributed by atoms with van der Waals surface area (Å²) in [5.74, 6) is -3.23. The number of aliphatic hydroxyl groups excluding tert-OH is 1. The molecule has 1 aromatic carbocycles. The number of halogens is 3. The summed E-state index contributed by atoms with van der Waals surface area (Å²) in [7, 11) is 0. The first-order chi connectivity index (χ1) is 8.35. The lowest BCUT2D eigenvalue weighted by Crippen LogP contribution is -2.35. The van der Waals surface area contributed by atoms with Gasteiger partial charge in [-0.1, -0.05) is 15.9 Å². The van der Waals surface area contributed by atoms with Crippen LogP contribution in [0.1, 0.15) is 5.56 Å². The molecule has 5 nitrogen and oxygen atoms in total. The molecule has 0 heterocycles. The first-order valence-electron chi connectivity index (χ1n) is 4.98. The molecule has 0 aromatic heterocycles. The molecule has 0 saturated carbocycles. The Balaban J connectivity index is 2.70. The highest BCUT2D eigenvalue weighted by molar-refractivity contribution is 9.10. The maximum absolute atomic E-state index is 12.7. The van der Waals surface area contributed by atoms with Crippen LogP contribution in [0.5, 0.6) is 0 Å². The van der Waals surface area contributed by atoms with Gasteiger partial charge in [0.05, 0.1) is 11.5 Å². The highest BCUT2D eigenvalue weighted by Gasteiger charge is 2.27. The van der Waals surface area contributed by atoms with Crippen molar-refractivity contribution >= 4 is 21.6 Å². The molecule has 0 unspecified atom stereocenters. The Morgan fingerprint density at radius 1 is 1.50 bits per heavy atom. The Hall–Kier alpha value is -1.12. The molecule has 0 fully saturated rings. The molecule has 0 aliphatic carbocycles. The van der Waals surface area contributed by atoms with Crippen molar-refractivity contribution in [2.24, 2.45) is 0 Å². The monoisotopic (exact) mass is 324 g/mol. The van der Waals surface area contributed by atoms with Gasteiger partial charge < -0.3 is 10.4 Å².